The third-order valence-corrected chi connectivity index (χ3v) is 7.01. The van der Waals surface area contributed by atoms with E-state index in [0.717, 1.165) is 32.3 Å². The number of benzene rings is 3. The van der Waals surface area contributed by atoms with Crippen LogP contribution in [0.3, 0.4) is 0 Å². The summed E-state index contributed by atoms with van der Waals surface area (Å²) in [6, 6.07) is 21.7. The zero-order valence-corrected chi connectivity index (χ0v) is 20.7. The number of aromatic nitrogens is 2. The Morgan fingerprint density at radius 3 is 2.18 bits per heavy atom. The number of halogens is 1. The van der Waals surface area contributed by atoms with Crippen LogP contribution in [-0.2, 0) is 5.60 Å². The third-order valence-electron chi connectivity index (χ3n) is 6.48. The van der Waals surface area contributed by atoms with E-state index in [0.29, 0.717) is 43.3 Å². The van der Waals surface area contributed by atoms with Gasteiger partial charge in [-0.3, -0.25) is 0 Å². The minimum absolute atomic E-state index is 0.605. The van der Waals surface area contributed by atoms with Crippen LogP contribution in [0, 0.1) is 0 Å². The maximum Gasteiger partial charge on any atom is 0.162 e. The molecular weight excluding hydrogens is 494 g/mol. The second-order valence-electron chi connectivity index (χ2n) is 8.49. The summed E-state index contributed by atoms with van der Waals surface area (Å²) < 4.78 is 12.1. The summed E-state index contributed by atoms with van der Waals surface area (Å²) in [5.41, 5.74) is 1.82. The molecule has 0 atom stereocenters. The number of piperidine rings is 1. The van der Waals surface area contributed by atoms with Crippen LogP contribution in [0.2, 0.25) is 0 Å². The molecule has 174 valence electrons. The van der Waals surface area contributed by atoms with Crippen LogP contribution in [0.15, 0.2) is 71.2 Å². The molecule has 34 heavy (non-hydrogen) atoms. The lowest BCUT2D eigenvalue weighted by Gasteiger charge is -2.39. The number of hydrogen-bond donors (Lipinski definition) is 1. The zero-order valence-electron chi connectivity index (χ0n) is 19.2. The molecule has 2 heterocycles. The van der Waals surface area contributed by atoms with Crippen LogP contribution in [0.25, 0.3) is 22.3 Å². The molecule has 7 heteroatoms. The molecule has 6 nitrogen and oxygen atoms in total. The molecule has 1 aromatic heterocycles. The van der Waals surface area contributed by atoms with Crippen molar-refractivity contribution in [3.05, 3.63) is 76.8 Å². The molecule has 3 aromatic carbocycles. The van der Waals surface area contributed by atoms with Crippen molar-refractivity contribution in [1.82, 2.24) is 9.97 Å². The van der Waals surface area contributed by atoms with Crippen LogP contribution >= 0.6 is 15.9 Å². The van der Waals surface area contributed by atoms with Gasteiger partial charge in [0.25, 0.3) is 0 Å². The number of ether oxygens (including phenoxy) is 2. The third kappa shape index (κ3) is 4.21. The maximum atomic E-state index is 11.4. The monoisotopic (exact) mass is 519 g/mol. The molecule has 0 bridgehead atoms. The van der Waals surface area contributed by atoms with E-state index in [-0.39, 0.29) is 0 Å². The molecular formula is C27H26BrN3O3. The van der Waals surface area contributed by atoms with E-state index in [1.54, 1.807) is 14.2 Å². The van der Waals surface area contributed by atoms with Crippen molar-refractivity contribution in [2.75, 3.05) is 32.2 Å². The largest absolute Gasteiger partial charge is 0.493 e. The summed E-state index contributed by atoms with van der Waals surface area (Å²) in [5, 5.41) is 12.3. The normalized spacial score (nSPS) is 15.4. The van der Waals surface area contributed by atoms with E-state index in [4.69, 9.17) is 19.4 Å². The fourth-order valence-corrected chi connectivity index (χ4v) is 4.80. The molecule has 0 spiro atoms. The molecule has 0 aliphatic carbocycles. The average molecular weight is 520 g/mol. The molecule has 0 radical (unpaired) electrons. The number of aliphatic hydroxyl groups is 1. The minimum atomic E-state index is -0.858. The van der Waals surface area contributed by atoms with Crippen LogP contribution in [0.4, 0.5) is 5.82 Å². The first-order valence-electron chi connectivity index (χ1n) is 11.2. The van der Waals surface area contributed by atoms with Crippen molar-refractivity contribution in [2.24, 2.45) is 0 Å². The van der Waals surface area contributed by atoms with Gasteiger partial charge in [-0.1, -0.05) is 58.4 Å². The lowest BCUT2D eigenvalue weighted by molar-refractivity contribution is 0.0117. The summed E-state index contributed by atoms with van der Waals surface area (Å²) in [6.07, 6.45) is 1.21. The molecule has 0 saturated carbocycles. The first-order valence-corrected chi connectivity index (χ1v) is 12.0. The molecule has 1 N–H and O–H groups in total. The lowest BCUT2D eigenvalue weighted by atomic mass is 9.84. The predicted molar refractivity (Wildman–Crippen MR) is 138 cm³/mol. The summed E-state index contributed by atoms with van der Waals surface area (Å²) in [7, 11) is 3.25. The smallest absolute Gasteiger partial charge is 0.162 e. The summed E-state index contributed by atoms with van der Waals surface area (Å²) >= 11 is 3.47. The highest BCUT2D eigenvalue weighted by Crippen LogP contribution is 2.39. The van der Waals surface area contributed by atoms with Crippen molar-refractivity contribution >= 4 is 32.7 Å². The molecule has 1 aliphatic heterocycles. The summed E-state index contributed by atoms with van der Waals surface area (Å²) in [6.45, 7) is 1.34. The van der Waals surface area contributed by atoms with E-state index in [2.05, 4.69) is 20.8 Å². The number of rotatable bonds is 5. The summed E-state index contributed by atoms with van der Waals surface area (Å²) in [4.78, 5) is 12.1. The second kappa shape index (κ2) is 9.24. The SMILES string of the molecule is COc1cc2nc(-c3ccccc3)nc(N3CCC(O)(c4ccc(Br)cc4)CC3)c2cc1OC. The van der Waals surface area contributed by atoms with Gasteiger partial charge in [-0.25, -0.2) is 9.97 Å². The minimum Gasteiger partial charge on any atom is -0.493 e. The first-order chi connectivity index (χ1) is 16.5. The number of hydrogen-bond acceptors (Lipinski definition) is 6. The zero-order chi connectivity index (χ0) is 23.7. The van der Waals surface area contributed by atoms with Crippen LogP contribution in [0.1, 0.15) is 18.4 Å². The van der Waals surface area contributed by atoms with Crippen molar-refractivity contribution in [3.8, 4) is 22.9 Å². The highest BCUT2D eigenvalue weighted by Gasteiger charge is 2.35. The second-order valence-corrected chi connectivity index (χ2v) is 9.40. The van der Waals surface area contributed by atoms with Gasteiger partial charge in [-0.15, -0.1) is 0 Å². The van der Waals surface area contributed by atoms with E-state index in [1.807, 2.05) is 66.7 Å². The highest BCUT2D eigenvalue weighted by atomic mass is 79.9. The van der Waals surface area contributed by atoms with E-state index < -0.39 is 5.60 Å². The van der Waals surface area contributed by atoms with Crippen molar-refractivity contribution < 1.29 is 14.6 Å². The Kier molecular flexibility index (Phi) is 6.15. The Morgan fingerprint density at radius 2 is 1.53 bits per heavy atom. The first kappa shape index (κ1) is 22.6. The van der Waals surface area contributed by atoms with Gasteiger partial charge in [0.2, 0.25) is 0 Å². The Balaban J connectivity index is 1.56. The van der Waals surface area contributed by atoms with Crippen molar-refractivity contribution in [3.63, 3.8) is 0 Å². The molecule has 5 rings (SSSR count). The van der Waals surface area contributed by atoms with Crippen LogP contribution in [0.5, 0.6) is 11.5 Å². The molecule has 4 aromatic rings. The van der Waals surface area contributed by atoms with Crippen molar-refractivity contribution in [2.45, 2.75) is 18.4 Å². The fourth-order valence-electron chi connectivity index (χ4n) is 4.53. The fraction of sp³-hybridized carbons (Fsp3) is 0.259. The number of fused-ring (bicyclic) bond motifs is 1. The van der Waals surface area contributed by atoms with Crippen LogP contribution in [-0.4, -0.2) is 42.4 Å². The van der Waals surface area contributed by atoms with Crippen molar-refractivity contribution in [1.29, 1.82) is 0 Å². The Hall–Kier alpha value is -3.16. The van der Waals surface area contributed by atoms with Gasteiger partial charge >= 0.3 is 0 Å². The van der Waals surface area contributed by atoms with Gasteiger partial charge in [0, 0.05) is 34.6 Å². The quantitative estimate of drug-likeness (QED) is 0.372. The molecule has 0 unspecified atom stereocenters. The average Bonchev–Trinajstić information content (AvgIpc) is 2.88. The number of methoxy groups -OCH3 is 2. The molecule has 1 saturated heterocycles. The summed E-state index contributed by atoms with van der Waals surface area (Å²) in [5.74, 6) is 2.75. The molecule has 0 amide bonds. The van der Waals surface area contributed by atoms with Gasteiger partial charge in [0.05, 0.1) is 25.3 Å². The number of nitrogens with zero attached hydrogens (tertiary/aromatic N) is 3. The van der Waals surface area contributed by atoms with Gasteiger partial charge in [-0.2, -0.15) is 0 Å². The molecule has 1 fully saturated rings. The standard InChI is InChI=1S/C27H26BrN3O3/c1-33-23-16-21-22(17-24(23)34-2)29-25(18-6-4-3-5-7-18)30-26(21)31-14-12-27(32,13-15-31)19-8-10-20(28)11-9-19/h3-11,16-17,32H,12-15H2,1-2H3. The van der Waals surface area contributed by atoms with Crippen LogP contribution < -0.4 is 14.4 Å². The van der Waals surface area contributed by atoms with Gasteiger partial charge in [0.15, 0.2) is 17.3 Å². The van der Waals surface area contributed by atoms with E-state index in [1.165, 1.54) is 0 Å². The predicted octanol–water partition coefficient (Wildman–Crippen LogP) is 5.56. The Bertz CT molecular complexity index is 1300. The Morgan fingerprint density at radius 1 is 0.882 bits per heavy atom. The maximum absolute atomic E-state index is 11.4. The van der Waals surface area contributed by atoms with E-state index in [9.17, 15) is 5.11 Å². The topological polar surface area (TPSA) is 67.7 Å². The van der Waals surface area contributed by atoms with Gasteiger partial charge in [-0.05, 0) is 36.6 Å². The number of anilines is 1. The van der Waals surface area contributed by atoms with E-state index >= 15 is 0 Å². The van der Waals surface area contributed by atoms with Gasteiger partial charge < -0.3 is 19.5 Å². The van der Waals surface area contributed by atoms with Gasteiger partial charge in [0.1, 0.15) is 5.82 Å². The Labute approximate surface area is 207 Å². The molecule has 1 aliphatic rings. The highest BCUT2D eigenvalue weighted by molar-refractivity contribution is 9.10. The lowest BCUT2D eigenvalue weighted by Crippen LogP contribution is -2.43.